The fourth-order valence-corrected chi connectivity index (χ4v) is 9.27. The first-order valence-corrected chi connectivity index (χ1v) is 13.7. The monoisotopic (exact) mass is 430 g/mol. The minimum Gasteiger partial charge on any atom is -0.393 e. The van der Waals surface area contributed by atoms with Gasteiger partial charge >= 0.3 is 0 Å². The Bertz CT molecular complexity index is 668. The highest BCUT2D eigenvalue weighted by Gasteiger charge is 2.61. The van der Waals surface area contributed by atoms with Gasteiger partial charge in [0.05, 0.1) is 12.2 Å². The fourth-order valence-electron chi connectivity index (χ4n) is 9.27. The molecule has 2 heteroatoms. The topological polar surface area (TPSA) is 40.5 Å². The number of fused-ring (bicyclic) bond motifs is 5. The Balaban J connectivity index is 1.58. The maximum Gasteiger partial charge on any atom is 0.0782 e. The van der Waals surface area contributed by atoms with Crippen molar-refractivity contribution in [3.63, 3.8) is 0 Å². The van der Waals surface area contributed by atoms with Gasteiger partial charge in [0.2, 0.25) is 0 Å². The quantitative estimate of drug-likeness (QED) is 0.446. The third-order valence-electron chi connectivity index (χ3n) is 11.3. The van der Waals surface area contributed by atoms with Crippen molar-refractivity contribution in [2.24, 2.45) is 52.3 Å². The van der Waals surface area contributed by atoms with Crippen LogP contribution in [0.15, 0.2) is 11.6 Å². The molecule has 10 atom stereocenters. The summed E-state index contributed by atoms with van der Waals surface area (Å²) in [7, 11) is 0. The van der Waals surface area contributed by atoms with Gasteiger partial charge in [-0.05, 0) is 85.4 Å². The molecule has 3 saturated carbocycles. The molecule has 0 spiro atoms. The van der Waals surface area contributed by atoms with Gasteiger partial charge in [0.1, 0.15) is 0 Å². The second-order valence-corrected chi connectivity index (χ2v) is 12.9. The SMILES string of the molecule is CCC(CCC(C)C1CCC2C3CC(O)C4CCCCC4(C)C3=CC(O)C12C)C(C)C. The molecule has 3 fully saturated rings. The van der Waals surface area contributed by atoms with E-state index in [1.807, 2.05) is 0 Å². The zero-order valence-electron chi connectivity index (χ0n) is 21.2. The van der Waals surface area contributed by atoms with Crippen LogP contribution in [0.25, 0.3) is 0 Å². The predicted molar refractivity (Wildman–Crippen MR) is 130 cm³/mol. The third kappa shape index (κ3) is 3.76. The molecule has 2 nitrogen and oxygen atoms in total. The molecule has 4 aliphatic carbocycles. The summed E-state index contributed by atoms with van der Waals surface area (Å²) in [6.07, 6.45) is 14.1. The number of allylic oxidation sites excluding steroid dienone is 1. The number of aliphatic hydroxyl groups is 2. The molecule has 0 bridgehead atoms. The molecule has 0 aliphatic heterocycles. The van der Waals surface area contributed by atoms with Gasteiger partial charge < -0.3 is 10.2 Å². The molecule has 0 aromatic heterocycles. The Morgan fingerprint density at radius 3 is 2.42 bits per heavy atom. The Hall–Kier alpha value is -0.340. The molecule has 0 aromatic rings. The van der Waals surface area contributed by atoms with Crippen LogP contribution in [0, 0.1) is 52.3 Å². The van der Waals surface area contributed by atoms with E-state index in [0.29, 0.717) is 29.6 Å². The highest BCUT2D eigenvalue weighted by atomic mass is 16.3. The number of rotatable bonds is 6. The lowest BCUT2D eigenvalue weighted by atomic mass is 9.47. The summed E-state index contributed by atoms with van der Waals surface area (Å²) < 4.78 is 0. The van der Waals surface area contributed by atoms with Crippen LogP contribution in [-0.2, 0) is 0 Å². The summed E-state index contributed by atoms with van der Waals surface area (Å²) in [5.74, 6) is 4.28. The highest BCUT2D eigenvalue weighted by molar-refractivity contribution is 5.32. The minimum atomic E-state index is -0.319. The largest absolute Gasteiger partial charge is 0.393 e. The summed E-state index contributed by atoms with van der Waals surface area (Å²) in [5, 5.41) is 22.8. The van der Waals surface area contributed by atoms with Gasteiger partial charge in [0, 0.05) is 5.41 Å². The lowest BCUT2D eigenvalue weighted by Gasteiger charge is -2.59. The van der Waals surface area contributed by atoms with Crippen molar-refractivity contribution < 1.29 is 10.2 Å². The first-order chi connectivity index (χ1) is 14.6. The van der Waals surface area contributed by atoms with Crippen molar-refractivity contribution in [3.05, 3.63) is 11.6 Å². The van der Waals surface area contributed by atoms with Crippen LogP contribution in [0.4, 0.5) is 0 Å². The Kier molecular flexibility index (Phi) is 6.75. The number of hydrogen-bond acceptors (Lipinski definition) is 2. The van der Waals surface area contributed by atoms with E-state index >= 15 is 0 Å². The summed E-state index contributed by atoms with van der Waals surface area (Å²) in [4.78, 5) is 0. The first-order valence-electron chi connectivity index (χ1n) is 13.7. The van der Waals surface area contributed by atoms with E-state index in [-0.39, 0.29) is 23.0 Å². The van der Waals surface area contributed by atoms with Gasteiger partial charge in [-0.1, -0.05) is 78.9 Å². The molecule has 0 radical (unpaired) electrons. The molecule has 2 N–H and O–H groups in total. The van der Waals surface area contributed by atoms with Crippen LogP contribution in [0.1, 0.15) is 106 Å². The van der Waals surface area contributed by atoms with Crippen LogP contribution >= 0.6 is 0 Å². The van der Waals surface area contributed by atoms with Crippen molar-refractivity contribution in [2.45, 2.75) is 118 Å². The van der Waals surface area contributed by atoms with E-state index in [2.05, 4.69) is 47.6 Å². The lowest BCUT2D eigenvalue weighted by molar-refractivity contribution is -0.0875. The maximum atomic E-state index is 11.6. The highest BCUT2D eigenvalue weighted by Crippen LogP contribution is 2.66. The molecule has 0 amide bonds. The molecule has 0 heterocycles. The van der Waals surface area contributed by atoms with Crippen LogP contribution in [0.5, 0.6) is 0 Å². The second-order valence-electron chi connectivity index (χ2n) is 12.9. The van der Waals surface area contributed by atoms with E-state index in [4.69, 9.17) is 0 Å². The minimum absolute atomic E-state index is 0.0231. The molecule has 0 aromatic carbocycles. The van der Waals surface area contributed by atoms with Gasteiger partial charge in [0.25, 0.3) is 0 Å². The average Bonchev–Trinajstić information content (AvgIpc) is 3.08. The Morgan fingerprint density at radius 2 is 1.74 bits per heavy atom. The molecule has 178 valence electrons. The summed E-state index contributed by atoms with van der Waals surface area (Å²) in [5.41, 5.74) is 1.62. The average molecular weight is 431 g/mol. The van der Waals surface area contributed by atoms with Crippen molar-refractivity contribution in [1.82, 2.24) is 0 Å². The van der Waals surface area contributed by atoms with Crippen molar-refractivity contribution in [1.29, 1.82) is 0 Å². The van der Waals surface area contributed by atoms with Gasteiger partial charge in [-0.25, -0.2) is 0 Å². The third-order valence-corrected chi connectivity index (χ3v) is 11.3. The van der Waals surface area contributed by atoms with Crippen LogP contribution in [-0.4, -0.2) is 22.4 Å². The van der Waals surface area contributed by atoms with Gasteiger partial charge in [-0.15, -0.1) is 0 Å². The van der Waals surface area contributed by atoms with Crippen molar-refractivity contribution in [2.75, 3.05) is 0 Å². The van der Waals surface area contributed by atoms with E-state index in [9.17, 15) is 10.2 Å². The summed E-state index contributed by atoms with van der Waals surface area (Å²) in [6.45, 7) is 14.4. The Morgan fingerprint density at radius 1 is 1.00 bits per heavy atom. The van der Waals surface area contributed by atoms with Crippen LogP contribution in [0.2, 0.25) is 0 Å². The molecule has 4 aliphatic rings. The predicted octanol–water partition coefficient (Wildman–Crippen LogP) is 7.00. The smallest absolute Gasteiger partial charge is 0.0782 e. The van der Waals surface area contributed by atoms with E-state index in [0.717, 1.165) is 24.7 Å². The van der Waals surface area contributed by atoms with Crippen molar-refractivity contribution >= 4 is 0 Å². The fraction of sp³-hybridized carbons (Fsp3) is 0.931. The second kappa shape index (κ2) is 8.79. The molecule has 31 heavy (non-hydrogen) atoms. The van der Waals surface area contributed by atoms with E-state index < -0.39 is 0 Å². The Labute approximate surface area is 192 Å². The van der Waals surface area contributed by atoms with Gasteiger partial charge in [-0.2, -0.15) is 0 Å². The molecule has 4 rings (SSSR count). The van der Waals surface area contributed by atoms with Crippen LogP contribution < -0.4 is 0 Å². The lowest BCUT2D eigenvalue weighted by Crippen LogP contribution is -2.55. The molecular formula is C29H50O2. The molecular weight excluding hydrogens is 380 g/mol. The van der Waals surface area contributed by atoms with Crippen LogP contribution in [0.3, 0.4) is 0 Å². The zero-order chi connectivity index (χ0) is 22.6. The maximum absolute atomic E-state index is 11.6. The normalized spacial score (nSPS) is 46.7. The summed E-state index contributed by atoms with van der Waals surface area (Å²) in [6, 6.07) is 0. The molecule has 10 unspecified atom stereocenters. The first kappa shape index (κ1) is 23.8. The number of aliphatic hydroxyl groups excluding tert-OH is 2. The van der Waals surface area contributed by atoms with E-state index in [1.54, 1.807) is 0 Å². The van der Waals surface area contributed by atoms with Crippen molar-refractivity contribution in [3.8, 4) is 0 Å². The van der Waals surface area contributed by atoms with Gasteiger partial charge in [0.15, 0.2) is 0 Å². The standard InChI is InChI=1S/C29H50O2/c1-7-20(18(2)3)12-11-19(4)22-13-14-23-21-16-26(30)24-10-8-9-15-28(24,5)25(21)17-27(31)29(22,23)6/h17-24,26-27,30-31H,7-16H2,1-6H3. The molecule has 0 saturated heterocycles. The van der Waals surface area contributed by atoms with Gasteiger partial charge in [-0.3, -0.25) is 0 Å². The summed E-state index contributed by atoms with van der Waals surface area (Å²) >= 11 is 0. The van der Waals surface area contributed by atoms with E-state index in [1.165, 1.54) is 56.9 Å². The number of hydrogen-bond donors (Lipinski definition) is 2. The zero-order valence-corrected chi connectivity index (χ0v) is 21.2.